The molecule has 2 heterocycles. The molecule has 2 aromatic heterocycles. The molecule has 25 heavy (non-hydrogen) atoms. The van der Waals surface area contributed by atoms with Crippen LogP contribution in [0.15, 0.2) is 9.05 Å². The average molecular weight is 363 g/mol. The third kappa shape index (κ3) is 5.81. The van der Waals surface area contributed by atoms with Crippen LogP contribution >= 0.6 is 0 Å². The van der Waals surface area contributed by atoms with Crippen LogP contribution in [-0.4, -0.2) is 45.3 Å². The molecule has 0 aliphatic carbocycles. The van der Waals surface area contributed by atoms with Gasteiger partial charge in [-0.25, -0.2) is 0 Å². The molecule has 0 atom stereocenters. The van der Waals surface area contributed by atoms with Crippen LogP contribution in [0, 0.1) is 0 Å². The van der Waals surface area contributed by atoms with Crippen molar-refractivity contribution in [2.75, 3.05) is 14.2 Å². The minimum Gasteiger partial charge on any atom is -0.469 e. The maximum Gasteiger partial charge on any atom is 0.455 e. The monoisotopic (exact) mass is 363 g/mol. The molecule has 0 fully saturated rings. The highest BCUT2D eigenvalue weighted by Crippen LogP contribution is 2.26. The van der Waals surface area contributed by atoms with Gasteiger partial charge in [0.1, 0.15) is 0 Å². The van der Waals surface area contributed by atoms with E-state index in [-0.39, 0.29) is 31.4 Å². The van der Waals surface area contributed by atoms with Gasteiger partial charge in [0.05, 0.1) is 20.2 Å². The second kappa shape index (κ2) is 8.05. The fraction of sp³-hybridized carbons (Fsp3) is 0.615. The number of halogens is 3. The van der Waals surface area contributed by atoms with E-state index in [0.717, 1.165) is 0 Å². The normalized spacial score (nSPS) is 11.9. The smallest absolute Gasteiger partial charge is 0.455 e. The minimum atomic E-state index is -4.65. The van der Waals surface area contributed by atoms with Crippen molar-refractivity contribution >= 4 is 5.97 Å². The lowest BCUT2D eigenvalue weighted by Crippen LogP contribution is -2.18. The molecule has 0 aliphatic heterocycles. The zero-order chi connectivity index (χ0) is 18.4. The van der Waals surface area contributed by atoms with Gasteiger partial charge in [0.15, 0.2) is 5.82 Å². The summed E-state index contributed by atoms with van der Waals surface area (Å²) in [4.78, 5) is 20.0. The van der Waals surface area contributed by atoms with E-state index in [0.29, 0.717) is 24.6 Å². The van der Waals surface area contributed by atoms with Crippen LogP contribution < -0.4 is 0 Å². The Morgan fingerprint density at radius 1 is 1.16 bits per heavy atom. The van der Waals surface area contributed by atoms with Crippen molar-refractivity contribution < 1.29 is 31.7 Å². The molecule has 0 bridgehead atoms. The van der Waals surface area contributed by atoms with E-state index in [1.165, 1.54) is 7.11 Å². The molecule has 0 amide bonds. The summed E-state index contributed by atoms with van der Waals surface area (Å²) < 4.78 is 51.3. The highest BCUT2D eigenvalue weighted by Gasteiger charge is 2.37. The predicted molar refractivity (Wildman–Crippen MR) is 73.7 cm³/mol. The standard InChI is InChI=1S/C13H16F3N5O4/c1-21(7-10-18-12(20-25-10)13(14,15)16)6-8-17-9(24-19-8)4-3-5-11(22)23-2/h3-7H2,1-2H3. The van der Waals surface area contributed by atoms with Crippen molar-refractivity contribution in [2.24, 2.45) is 0 Å². The average Bonchev–Trinajstić information content (AvgIpc) is 3.16. The molecule has 9 nitrogen and oxygen atoms in total. The van der Waals surface area contributed by atoms with Crippen molar-refractivity contribution in [1.82, 2.24) is 25.2 Å². The summed E-state index contributed by atoms with van der Waals surface area (Å²) in [5.41, 5.74) is 0. The molecular weight excluding hydrogens is 347 g/mol. The third-order valence-electron chi connectivity index (χ3n) is 3.05. The number of ether oxygens (including phenoxy) is 1. The molecule has 0 aliphatic rings. The first kappa shape index (κ1) is 18.8. The molecule has 0 radical (unpaired) electrons. The van der Waals surface area contributed by atoms with Crippen molar-refractivity contribution in [3.63, 3.8) is 0 Å². The van der Waals surface area contributed by atoms with Gasteiger partial charge in [-0.1, -0.05) is 10.3 Å². The first-order valence-electron chi connectivity index (χ1n) is 7.24. The second-order valence-electron chi connectivity index (χ2n) is 5.22. The summed E-state index contributed by atoms with van der Waals surface area (Å²) in [6.07, 6.45) is -3.48. The third-order valence-corrected chi connectivity index (χ3v) is 3.05. The van der Waals surface area contributed by atoms with E-state index in [1.54, 1.807) is 11.9 Å². The Bertz CT molecular complexity index is 700. The Kier molecular flexibility index (Phi) is 6.07. The SMILES string of the molecule is COC(=O)CCCc1nc(CN(C)Cc2nc(C(F)(F)F)no2)no1. The van der Waals surface area contributed by atoms with E-state index in [2.05, 4.69) is 29.5 Å². The van der Waals surface area contributed by atoms with Crippen LogP contribution in [0.4, 0.5) is 13.2 Å². The van der Waals surface area contributed by atoms with Gasteiger partial charge in [-0.05, 0) is 13.5 Å². The van der Waals surface area contributed by atoms with E-state index in [4.69, 9.17) is 4.52 Å². The highest BCUT2D eigenvalue weighted by atomic mass is 19.4. The lowest BCUT2D eigenvalue weighted by molar-refractivity contribution is -0.146. The Morgan fingerprint density at radius 2 is 1.88 bits per heavy atom. The number of carbonyl (C=O) groups is 1. The number of hydrogen-bond acceptors (Lipinski definition) is 9. The summed E-state index contributed by atoms with van der Waals surface area (Å²) in [5.74, 6) is -1.09. The molecule has 12 heteroatoms. The first-order chi connectivity index (χ1) is 11.8. The van der Waals surface area contributed by atoms with Crippen molar-refractivity contribution in [3.05, 3.63) is 23.4 Å². The number of nitrogens with zero attached hydrogens (tertiary/aromatic N) is 5. The van der Waals surface area contributed by atoms with Gasteiger partial charge in [0.2, 0.25) is 11.8 Å². The Morgan fingerprint density at radius 3 is 2.52 bits per heavy atom. The van der Waals surface area contributed by atoms with Crippen LogP contribution in [0.3, 0.4) is 0 Å². The number of carbonyl (C=O) groups excluding carboxylic acids is 1. The number of rotatable bonds is 8. The first-order valence-corrected chi connectivity index (χ1v) is 7.24. The van der Waals surface area contributed by atoms with Crippen LogP contribution in [-0.2, 0) is 35.2 Å². The van der Waals surface area contributed by atoms with Crippen LogP contribution in [0.25, 0.3) is 0 Å². The van der Waals surface area contributed by atoms with Crippen LogP contribution in [0.1, 0.15) is 36.3 Å². The van der Waals surface area contributed by atoms with Crippen LogP contribution in [0.2, 0.25) is 0 Å². The molecular formula is C13H16F3N5O4. The van der Waals surface area contributed by atoms with Gasteiger partial charge in [-0.3, -0.25) is 9.69 Å². The summed E-state index contributed by atoms with van der Waals surface area (Å²) in [5, 5.41) is 6.65. The second-order valence-corrected chi connectivity index (χ2v) is 5.22. The van der Waals surface area contributed by atoms with Gasteiger partial charge in [-0.2, -0.15) is 23.1 Å². The zero-order valence-corrected chi connectivity index (χ0v) is 13.5. The lowest BCUT2D eigenvalue weighted by Gasteiger charge is -2.10. The summed E-state index contributed by atoms with van der Waals surface area (Å²) in [6, 6.07) is 0. The Balaban J connectivity index is 1.81. The van der Waals surface area contributed by atoms with E-state index >= 15 is 0 Å². The van der Waals surface area contributed by atoms with Gasteiger partial charge < -0.3 is 13.8 Å². The summed E-state index contributed by atoms with van der Waals surface area (Å²) in [7, 11) is 2.94. The fourth-order valence-electron chi connectivity index (χ4n) is 1.90. The maximum absolute atomic E-state index is 12.4. The van der Waals surface area contributed by atoms with Gasteiger partial charge in [0, 0.05) is 12.8 Å². The molecule has 0 saturated carbocycles. The Labute approximate surface area is 140 Å². The van der Waals surface area contributed by atoms with Gasteiger partial charge >= 0.3 is 12.1 Å². The van der Waals surface area contributed by atoms with Crippen molar-refractivity contribution in [3.8, 4) is 0 Å². The number of methoxy groups -OCH3 is 1. The summed E-state index contributed by atoms with van der Waals surface area (Å²) >= 11 is 0. The topological polar surface area (TPSA) is 107 Å². The number of alkyl halides is 3. The van der Waals surface area contributed by atoms with Gasteiger partial charge in [0.25, 0.3) is 5.82 Å². The van der Waals surface area contributed by atoms with Crippen molar-refractivity contribution in [1.29, 1.82) is 0 Å². The molecule has 2 rings (SSSR count). The summed E-state index contributed by atoms with van der Waals surface area (Å²) in [6.45, 7) is 0.208. The van der Waals surface area contributed by atoms with E-state index in [9.17, 15) is 18.0 Å². The van der Waals surface area contributed by atoms with Crippen molar-refractivity contribution in [2.45, 2.75) is 38.5 Å². The molecule has 0 N–H and O–H groups in total. The van der Waals surface area contributed by atoms with E-state index < -0.39 is 12.0 Å². The molecule has 0 saturated heterocycles. The number of esters is 1. The van der Waals surface area contributed by atoms with E-state index in [1.807, 2.05) is 0 Å². The highest BCUT2D eigenvalue weighted by molar-refractivity contribution is 5.69. The Hall–Kier alpha value is -2.50. The maximum atomic E-state index is 12.4. The zero-order valence-electron chi connectivity index (χ0n) is 13.5. The molecule has 0 unspecified atom stereocenters. The predicted octanol–water partition coefficient (Wildman–Crippen LogP) is 1.60. The van der Waals surface area contributed by atoms with Gasteiger partial charge in [-0.15, -0.1) is 0 Å². The largest absolute Gasteiger partial charge is 0.469 e. The number of hydrogen-bond donors (Lipinski definition) is 0. The molecule has 0 aromatic carbocycles. The number of aromatic nitrogens is 4. The molecule has 138 valence electrons. The fourth-order valence-corrected chi connectivity index (χ4v) is 1.90. The lowest BCUT2D eigenvalue weighted by atomic mass is 10.2. The van der Waals surface area contributed by atoms with Crippen LogP contribution in [0.5, 0.6) is 0 Å². The number of aryl methyl sites for hydroxylation is 1. The molecule has 0 spiro atoms. The molecule has 2 aromatic rings. The quantitative estimate of drug-likeness (QED) is 0.646. The minimum absolute atomic E-state index is 0.00467.